The first-order valence-electron chi connectivity index (χ1n) is 12.6. The third kappa shape index (κ3) is 5.27. The highest BCUT2D eigenvalue weighted by atomic mass is 32.2. The van der Waals surface area contributed by atoms with E-state index in [-0.39, 0.29) is 5.91 Å². The number of aliphatic imine (C=N–C) groups is 1. The van der Waals surface area contributed by atoms with Gasteiger partial charge in [-0.3, -0.25) is 9.78 Å². The Balaban J connectivity index is 1.19. The number of hydrogen-bond donors (Lipinski definition) is 0. The number of nitrogens with zero attached hydrogens (tertiary/aromatic N) is 5. The number of carbonyl (C=O) groups excluding carboxylic acids is 1. The van der Waals surface area contributed by atoms with Crippen molar-refractivity contribution in [2.45, 2.75) is 19.3 Å². The third-order valence-corrected chi connectivity index (χ3v) is 7.91. The number of piperidine rings is 1. The molecule has 0 radical (unpaired) electrons. The lowest BCUT2D eigenvalue weighted by atomic mass is 9.90. The first-order valence-corrected chi connectivity index (χ1v) is 13.4. The second-order valence-electron chi connectivity index (χ2n) is 9.38. The van der Waals surface area contributed by atoms with E-state index in [2.05, 4.69) is 45.2 Å². The van der Waals surface area contributed by atoms with E-state index in [0.29, 0.717) is 10.8 Å². The molecule has 0 spiro atoms. The summed E-state index contributed by atoms with van der Waals surface area (Å²) >= 11 is 1.47. The smallest absolute Gasteiger partial charge is 0.286 e. The highest BCUT2D eigenvalue weighted by molar-refractivity contribution is 8.18. The molecule has 0 bridgehead atoms. The normalized spacial score (nSPS) is 17.4. The van der Waals surface area contributed by atoms with Gasteiger partial charge in [-0.15, -0.1) is 0 Å². The first kappa shape index (κ1) is 23.4. The van der Waals surface area contributed by atoms with Gasteiger partial charge in [-0.1, -0.05) is 48.5 Å². The summed E-state index contributed by atoms with van der Waals surface area (Å²) in [6.45, 7) is 1.86. The van der Waals surface area contributed by atoms with Gasteiger partial charge in [-0.05, 0) is 72.8 Å². The molecule has 0 N–H and O–H groups in total. The Hall–Kier alpha value is -3.97. The number of likely N-dealkylation sites (tertiary alicyclic amines) is 1. The number of amides is 1. The maximum Gasteiger partial charge on any atom is 0.286 e. The van der Waals surface area contributed by atoms with E-state index in [9.17, 15) is 4.79 Å². The van der Waals surface area contributed by atoms with Crippen LogP contribution in [0.25, 0.3) is 23.0 Å². The maximum atomic E-state index is 12.9. The van der Waals surface area contributed by atoms with E-state index in [4.69, 9.17) is 5.10 Å². The lowest BCUT2D eigenvalue weighted by Gasteiger charge is -2.32. The summed E-state index contributed by atoms with van der Waals surface area (Å²) in [4.78, 5) is 24.4. The molecule has 6 nitrogen and oxygen atoms in total. The molecular formula is C30H27N5OS. The maximum absolute atomic E-state index is 12.9. The quantitative estimate of drug-likeness (QED) is 0.318. The van der Waals surface area contributed by atoms with Gasteiger partial charge in [-0.2, -0.15) is 10.1 Å². The topological polar surface area (TPSA) is 63.4 Å². The lowest BCUT2D eigenvalue weighted by Crippen LogP contribution is -2.37. The molecule has 184 valence electrons. The van der Waals surface area contributed by atoms with Crippen molar-refractivity contribution in [2.24, 2.45) is 10.9 Å². The van der Waals surface area contributed by atoms with Crippen LogP contribution in [0.3, 0.4) is 0 Å². The molecule has 4 heterocycles. The summed E-state index contributed by atoms with van der Waals surface area (Å²) in [6, 6.07) is 24.5. The predicted octanol–water partition coefficient (Wildman–Crippen LogP) is 5.86. The number of thioether (sulfide) groups is 1. The van der Waals surface area contributed by atoms with Gasteiger partial charge in [-0.25, -0.2) is 4.68 Å². The molecule has 0 saturated carbocycles. The van der Waals surface area contributed by atoms with Crippen LogP contribution in [0, 0.1) is 5.92 Å². The Labute approximate surface area is 220 Å². The molecule has 4 aromatic rings. The number of carbonyl (C=O) groups is 1. The van der Waals surface area contributed by atoms with Gasteiger partial charge >= 0.3 is 0 Å². The van der Waals surface area contributed by atoms with E-state index in [1.165, 1.54) is 17.3 Å². The van der Waals surface area contributed by atoms with E-state index in [0.717, 1.165) is 60.0 Å². The number of para-hydroxylation sites is 1. The van der Waals surface area contributed by atoms with Gasteiger partial charge in [0.2, 0.25) is 0 Å². The molecule has 1 saturated heterocycles. The van der Waals surface area contributed by atoms with E-state index < -0.39 is 0 Å². The average molecular weight is 506 g/mol. The molecule has 37 heavy (non-hydrogen) atoms. The van der Waals surface area contributed by atoms with Crippen molar-refractivity contribution >= 4 is 28.9 Å². The van der Waals surface area contributed by atoms with Crippen molar-refractivity contribution in [3.63, 3.8) is 0 Å². The van der Waals surface area contributed by atoms with Crippen LogP contribution in [0.4, 0.5) is 0 Å². The Kier molecular flexibility index (Phi) is 6.69. The summed E-state index contributed by atoms with van der Waals surface area (Å²) < 4.78 is 1.85. The number of benzene rings is 2. The minimum Gasteiger partial charge on any atom is -0.351 e. The van der Waals surface area contributed by atoms with Gasteiger partial charge < -0.3 is 4.90 Å². The number of pyridine rings is 1. The van der Waals surface area contributed by atoms with Crippen LogP contribution in [0.15, 0.2) is 101 Å². The first-order chi connectivity index (χ1) is 18.2. The minimum atomic E-state index is -0.181. The zero-order chi connectivity index (χ0) is 25.0. The second kappa shape index (κ2) is 10.6. The third-order valence-electron chi connectivity index (χ3n) is 6.87. The van der Waals surface area contributed by atoms with Crippen molar-refractivity contribution in [2.75, 3.05) is 13.1 Å². The zero-order valence-corrected chi connectivity index (χ0v) is 21.2. The van der Waals surface area contributed by atoms with Crippen LogP contribution in [0.5, 0.6) is 0 Å². The van der Waals surface area contributed by atoms with Crippen molar-refractivity contribution in [3.8, 4) is 16.9 Å². The second-order valence-corrected chi connectivity index (χ2v) is 10.4. The van der Waals surface area contributed by atoms with Gasteiger partial charge in [0.05, 0.1) is 10.6 Å². The van der Waals surface area contributed by atoms with Crippen molar-refractivity contribution in [1.29, 1.82) is 0 Å². The number of aromatic nitrogens is 3. The van der Waals surface area contributed by atoms with E-state index >= 15 is 0 Å². The highest BCUT2D eigenvalue weighted by Gasteiger charge is 2.29. The molecule has 1 fully saturated rings. The molecule has 2 aliphatic heterocycles. The van der Waals surface area contributed by atoms with Crippen molar-refractivity contribution in [1.82, 2.24) is 19.7 Å². The SMILES string of the molecule is O=C1N=C(N2CCC(Cc3ccccc3)CC2)SC1=Cc1cn(-c2ccccc2)nc1-c1ccncc1. The minimum absolute atomic E-state index is 0.181. The van der Waals surface area contributed by atoms with E-state index in [1.807, 2.05) is 59.4 Å². The molecular weight excluding hydrogens is 478 g/mol. The molecule has 2 aromatic heterocycles. The van der Waals surface area contributed by atoms with Crippen LogP contribution in [-0.2, 0) is 11.2 Å². The van der Waals surface area contributed by atoms with Crippen molar-refractivity contribution < 1.29 is 4.79 Å². The summed E-state index contributed by atoms with van der Waals surface area (Å²) in [5.41, 5.74) is 5.00. The van der Waals surface area contributed by atoms with Gasteiger partial charge in [0.1, 0.15) is 5.69 Å². The Morgan fingerprint density at radius 1 is 0.919 bits per heavy atom. The largest absolute Gasteiger partial charge is 0.351 e. The summed E-state index contributed by atoms with van der Waals surface area (Å²) in [6.07, 6.45) is 10.7. The molecule has 7 heteroatoms. The van der Waals surface area contributed by atoms with Gasteiger partial charge in [0.15, 0.2) is 5.17 Å². The standard InChI is InChI=1S/C30H27N5OS/c36-29-27(37-30(32-29)34-17-13-23(14-18-34)19-22-7-3-1-4-8-22)20-25-21-35(26-9-5-2-6-10-26)33-28(25)24-11-15-31-16-12-24/h1-12,15-16,20-21,23H,13-14,17-19H2. The van der Waals surface area contributed by atoms with Gasteiger partial charge in [0, 0.05) is 42.8 Å². The van der Waals surface area contributed by atoms with Crippen LogP contribution >= 0.6 is 11.8 Å². The summed E-state index contributed by atoms with van der Waals surface area (Å²) in [5, 5.41) is 5.66. The molecule has 6 rings (SSSR count). The highest BCUT2D eigenvalue weighted by Crippen LogP contribution is 2.34. The molecule has 2 aromatic carbocycles. The fourth-order valence-corrected chi connectivity index (χ4v) is 5.85. The zero-order valence-electron chi connectivity index (χ0n) is 20.4. The fraction of sp³-hybridized carbons (Fsp3) is 0.200. The molecule has 0 aliphatic carbocycles. The van der Waals surface area contributed by atoms with Crippen LogP contribution < -0.4 is 0 Å². The molecule has 0 unspecified atom stereocenters. The van der Waals surface area contributed by atoms with Crippen LogP contribution in [0.2, 0.25) is 0 Å². The number of amidine groups is 1. The predicted molar refractivity (Wildman–Crippen MR) is 149 cm³/mol. The molecule has 2 aliphatic rings. The Morgan fingerprint density at radius 2 is 1.62 bits per heavy atom. The molecule has 0 atom stereocenters. The number of hydrogen-bond acceptors (Lipinski definition) is 5. The number of rotatable bonds is 5. The summed E-state index contributed by atoms with van der Waals surface area (Å²) in [7, 11) is 0. The Bertz CT molecular complexity index is 1440. The fourth-order valence-electron chi connectivity index (χ4n) is 4.89. The van der Waals surface area contributed by atoms with Crippen LogP contribution in [0.1, 0.15) is 24.0 Å². The molecule has 1 amide bonds. The Morgan fingerprint density at radius 3 is 2.35 bits per heavy atom. The summed E-state index contributed by atoms with van der Waals surface area (Å²) in [5.74, 6) is 0.489. The van der Waals surface area contributed by atoms with E-state index in [1.54, 1.807) is 12.4 Å². The van der Waals surface area contributed by atoms with Crippen molar-refractivity contribution in [3.05, 3.63) is 107 Å². The average Bonchev–Trinajstić information content (AvgIpc) is 3.54. The van der Waals surface area contributed by atoms with Gasteiger partial charge in [0.25, 0.3) is 5.91 Å². The monoisotopic (exact) mass is 505 g/mol. The van der Waals surface area contributed by atoms with Crippen LogP contribution in [-0.4, -0.2) is 43.8 Å². The lowest BCUT2D eigenvalue weighted by molar-refractivity contribution is -0.113.